The van der Waals surface area contributed by atoms with Crippen molar-refractivity contribution < 1.29 is 9.47 Å². The molecule has 66 valence electrons. The van der Waals surface area contributed by atoms with E-state index in [2.05, 4.69) is 6.58 Å². The lowest BCUT2D eigenvalue weighted by Gasteiger charge is -2.04. The smallest absolute Gasteiger partial charge is 0.133 e. The van der Waals surface area contributed by atoms with E-state index >= 15 is 0 Å². The van der Waals surface area contributed by atoms with Crippen molar-refractivity contribution in [2.45, 2.75) is 13.8 Å². The van der Waals surface area contributed by atoms with Crippen LogP contribution in [-0.4, -0.2) is 13.2 Å². The summed E-state index contributed by atoms with van der Waals surface area (Å²) in [5, 5.41) is 8.61. The Morgan fingerprint density at radius 3 is 2.58 bits per heavy atom. The van der Waals surface area contributed by atoms with Crippen molar-refractivity contribution in [2.24, 2.45) is 0 Å². The highest BCUT2D eigenvalue weighted by Crippen LogP contribution is 2.07. The molecule has 0 atom stereocenters. The summed E-state index contributed by atoms with van der Waals surface area (Å²) >= 11 is 0. The molecule has 0 saturated carbocycles. The lowest BCUT2D eigenvalue weighted by atomic mass is 10.3. The minimum Gasteiger partial charge on any atom is -0.500 e. The van der Waals surface area contributed by atoms with Crippen LogP contribution in [0.15, 0.2) is 24.2 Å². The summed E-state index contributed by atoms with van der Waals surface area (Å²) < 4.78 is 9.96. The predicted molar refractivity (Wildman–Crippen MR) is 46.1 cm³/mol. The molecule has 3 nitrogen and oxygen atoms in total. The van der Waals surface area contributed by atoms with Crippen LogP contribution in [0.4, 0.5) is 0 Å². The molecule has 0 aromatic carbocycles. The van der Waals surface area contributed by atoms with Crippen molar-refractivity contribution >= 4 is 0 Å². The Hall–Kier alpha value is -1.43. The van der Waals surface area contributed by atoms with E-state index in [1.54, 1.807) is 0 Å². The summed E-state index contributed by atoms with van der Waals surface area (Å²) in [7, 11) is 0. The maximum Gasteiger partial charge on any atom is 0.133 e. The SMILES string of the molecule is C=C(OCC)/C(C#N)=C/OCC. The van der Waals surface area contributed by atoms with Crippen molar-refractivity contribution in [3.63, 3.8) is 0 Å². The standard InChI is InChI=1S/C9H13NO2/c1-4-11-7-9(6-10)8(3)12-5-2/h7H,3-5H2,1-2H3/b9-7+. The van der Waals surface area contributed by atoms with Gasteiger partial charge in [-0.15, -0.1) is 0 Å². The second-order valence-electron chi connectivity index (χ2n) is 1.95. The summed E-state index contributed by atoms with van der Waals surface area (Å²) in [6.45, 7) is 8.29. The minimum absolute atomic E-state index is 0.332. The van der Waals surface area contributed by atoms with Crippen LogP contribution in [0.2, 0.25) is 0 Å². The highest BCUT2D eigenvalue weighted by atomic mass is 16.5. The van der Waals surface area contributed by atoms with Gasteiger partial charge in [-0.1, -0.05) is 6.58 Å². The summed E-state index contributed by atoms with van der Waals surface area (Å²) in [6.07, 6.45) is 1.36. The first-order valence-corrected chi connectivity index (χ1v) is 3.80. The Balaban J connectivity index is 4.16. The van der Waals surface area contributed by atoms with Gasteiger partial charge < -0.3 is 9.47 Å². The van der Waals surface area contributed by atoms with Gasteiger partial charge in [-0.05, 0) is 13.8 Å². The molecule has 0 unspecified atom stereocenters. The van der Waals surface area contributed by atoms with Crippen LogP contribution >= 0.6 is 0 Å². The summed E-state index contributed by atoms with van der Waals surface area (Å²) in [5.74, 6) is 0.355. The first kappa shape index (κ1) is 10.6. The van der Waals surface area contributed by atoms with Crippen LogP contribution < -0.4 is 0 Å². The number of nitrogens with zero attached hydrogens (tertiary/aromatic N) is 1. The Kier molecular flexibility index (Phi) is 5.54. The van der Waals surface area contributed by atoms with Crippen molar-refractivity contribution in [1.29, 1.82) is 5.26 Å². The molecule has 0 aromatic heterocycles. The number of nitriles is 1. The number of rotatable bonds is 5. The fraction of sp³-hybridized carbons (Fsp3) is 0.444. The van der Waals surface area contributed by atoms with Gasteiger partial charge in [-0.2, -0.15) is 5.26 Å². The van der Waals surface area contributed by atoms with E-state index in [9.17, 15) is 0 Å². The second kappa shape index (κ2) is 6.29. The molecule has 0 aliphatic rings. The molecule has 0 amide bonds. The largest absolute Gasteiger partial charge is 0.500 e. The maximum atomic E-state index is 8.61. The molecular weight excluding hydrogens is 154 g/mol. The zero-order valence-electron chi connectivity index (χ0n) is 7.46. The average molecular weight is 167 g/mol. The molecule has 0 aromatic rings. The first-order valence-electron chi connectivity index (χ1n) is 3.80. The fourth-order valence-corrected chi connectivity index (χ4v) is 0.573. The average Bonchev–Trinajstić information content (AvgIpc) is 2.06. The van der Waals surface area contributed by atoms with E-state index < -0.39 is 0 Å². The van der Waals surface area contributed by atoms with Crippen LogP contribution in [0.3, 0.4) is 0 Å². The number of ether oxygens (including phenoxy) is 2. The summed E-state index contributed by atoms with van der Waals surface area (Å²) in [5.41, 5.74) is 0.332. The monoisotopic (exact) mass is 167 g/mol. The van der Waals surface area contributed by atoms with Crippen LogP contribution in [0.25, 0.3) is 0 Å². The van der Waals surface area contributed by atoms with Crippen molar-refractivity contribution in [3.05, 3.63) is 24.2 Å². The lowest BCUT2D eigenvalue weighted by molar-refractivity contribution is 0.231. The van der Waals surface area contributed by atoms with Gasteiger partial charge in [-0.3, -0.25) is 0 Å². The Morgan fingerprint density at radius 1 is 1.50 bits per heavy atom. The second-order valence-corrected chi connectivity index (χ2v) is 1.95. The predicted octanol–water partition coefficient (Wildman–Crippen LogP) is 1.98. The van der Waals surface area contributed by atoms with Gasteiger partial charge in [0, 0.05) is 0 Å². The van der Waals surface area contributed by atoms with Crippen molar-refractivity contribution in [1.82, 2.24) is 0 Å². The highest BCUT2D eigenvalue weighted by molar-refractivity contribution is 5.34. The molecule has 0 saturated heterocycles. The number of hydrogen-bond donors (Lipinski definition) is 0. The molecule has 0 aliphatic heterocycles. The van der Waals surface area contributed by atoms with Crippen molar-refractivity contribution in [2.75, 3.05) is 13.2 Å². The topological polar surface area (TPSA) is 42.2 Å². The normalized spacial score (nSPS) is 10.2. The molecule has 0 rings (SSSR count). The molecule has 0 bridgehead atoms. The number of allylic oxidation sites excluding steroid dienone is 1. The molecule has 0 fully saturated rings. The van der Waals surface area contributed by atoms with Gasteiger partial charge in [0.15, 0.2) is 0 Å². The van der Waals surface area contributed by atoms with Crippen LogP contribution in [0, 0.1) is 11.3 Å². The fourth-order valence-electron chi connectivity index (χ4n) is 0.573. The van der Waals surface area contributed by atoms with Gasteiger partial charge in [-0.25, -0.2) is 0 Å². The Labute approximate surface area is 72.9 Å². The molecule has 0 spiro atoms. The van der Waals surface area contributed by atoms with Gasteiger partial charge >= 0.3 is 0 Å². The van der Waals surface area contributed by atoms with Crippen molar-refractivity contribution in [3.8, 4) is 6.07 Å². The van der Waals surface area contributed by atoms with Crippen LogP contribution in [0.5, 0.6) is 0 Å². The Morgan fingerprint density at radius 2 is 2.17 bits per heavy atom. The van der Waals surface area contributed by atoms with Gasteiger partial charge in [0.05, 0.1) is 13.2 Å². The van der Waals surface area contributed by atoms with E-state index in [-0.39, 0.29) is 0 Å². The van der Waals surface area contributed by atoms with E-state index in [1.165, 1.54) is 6.26 Å². The quantitative estimate of drug-likeness (QED) is 0.357. The first-order chi connectivity index (χ1) is 5.76. The number of hydrogen-bond acceptors (Lipinski definition) is 3. The Bertz CT molecular complexity index is 213. The molecular formula is C9H13NO2. The molecule has 0 radical (unpaired) electrons. The van der Waals surface area contributed by atoms with Crippen LogP contribution in [0.1, 0.15) is 13.8 Å². The van der Waals surface area contributed by atoms with E-state index in [1.807, 2.05) is 19.9 Å². The molecule has 3 heteroatoms. The molecule has 0 aliphatic carbocycles. The zero-order chi connectivity index (χ0) is 9.40. The van der Waals surface area contributed by atoms with Gasteiger partial charge in [0.1, 0.15) is 23.7 Å². The van der Waals surface area contributed by atoms with Gasteiger partial charge in [0.25, 0.3) is 0 Å². The molecule has 0 heterocycles. The third kappa shape index (κ3) is 3.67. The van der Waals surface area contributed by atoms with E-state index in [0.717, 1.165) is 0 Å². The third-order valence-electron chi connectivity index (χ3n) is 1.11. The maximum absolute atomic E-state index is 8.61. The lowest BCUT2D eigenvalue weighted by Crippen LogP contribution is -1.93. The van der Waals surface area contributed by atoms with Gasteiger partial charge in [0.2, 0.25) is 0 Å². The molecule has 0 N–H and O–H groups in total. The molecule has 12 heavy (non-hydrogen) atoms. The van der Waals surface area contributed by atoms with Crippen LogP contribution in [-0.2, 0) is 9.47 Å². The van der Waals surface area contributed by atoms with E-state index in [4.69, 9.17) is 14.7 Å². The highest BCUT2D eigenvalue weighted by Gasteiger charge is 2.01. The minimum atomic E-state index is 0.332. The summed E-state index contributed by atoms with van der Waals surface area (Å²) in [6, 6.07) is 1.93. The summed E-state index contributed by atoms with van der Waals surface area (Å²) in [4.78, 5) is 0. The third-order valence-corrected chi connectivity index (χ3v) is 1.11. The van der Waals surface area contributed by atoms with E-state index in [0.29, 0.717) is 24.5 Å². The zero-order valence-corrected chi connectivity index (χ0v) is 7.46.